The van der Waals surface area contributed by atoms with Crippen molar-refractivity contribution in [2.24, 2.45) is 0 Å². The summed E-state index contributed by atoms with van der Waals surface area (Å²) < 4.78 is 5.24. The largest absolute Gasteiger partial charge is 0.360 e. The highest BCUT2D eigenvalue weighted by molar-refractivity contribution is 5.96. The molecule has 0 aliphatic carbocycles. The van der Waals surface area contributed by atoms with Crippen LogP contribution in [0.2, 0.25) is 0 Å². The van der Waals surface area contributed by atoms with Crippen LogP contribution in [0.25, 0.3) is 0 Å². The van der Waals surface area contributed by atoms with E-state index >= 15 is 0 Å². The average molecular weight is 263 g/mol. The van der Waals surface area contributed by atoms with Crippen LogP contribution in [-0.2, 0) is 6.42 Å². The van der Waals surface area contributed by atoms with E-state index in [2.05, 4.69) is 10.5 Å². The second-order valence-electron chi connectivity index (χ2n) is 5.60. The van der Waals surface area contributed by atoms with Gasteiger partial charge in [-0.1, -0.05) is 12.1 Å². The van der Waals surface area contributed by atoms with Crippen LogP contribution in [0, 0.1) is 6.92 Å². The van der Waals surface area contributed by atoms with E-state index in [1.165, 1.54) is 12.8 Å². The molecule has 1 aromatic rings. The number of fused-ring (bicyclic) bond motifs is 2. The van der Waals surface area contributed by atoms with Gasteiger partial charge in [-0.05, 0) is 26.2 Å². The van der Waals surface area contributed by atoms with E-state index in [4.69, 9.17) is 4.52 Å². The number of aryl methyl sites for hydroxylation is 2. The van der Waals surface area contributed by atoms with Gasteiger partial charge in [0, 0.05) is 31.6 Å². The third-order valence-electron chi connectivity index (χ3n) is 4.28. The van der Waals surface area contributed by atoms with Crippen LogP contribution in [0.4, 0.5) is 0 Å². The van der Waals surface area contributed by atoms with E-state index in [9.17, 15) is 4.79 Å². The lowest BCUT2D eigenvalue weighted by molar-refractivity contribution is 0.0745. The third-order valence-corrected chi connectivity index (χ3v) is 4.28. The van der Waals surface area contributed by atoms with Crippen LogP contribution in [0.3, 0.4) is 0 Å². The Morgan fingerprint density at radius 1 is 1.42 bits per heavy atom. The molecule has 3 heterocycles. The molecule has 104 valence electrons. The Kier molecular flexibility index (Phi) is 3.31. The maximum Gasteiger partial charge on any atom is 0.259 e. The number of amides is 1. The molecule has 2 aliphatic heterocycles. The van der Waals surface area contributed by atoms with Gasteiger partial charge in [-0.25, -0.2) is 0 Å². The Hall–Kier alpha value is -1.36. The quantitative estimate of drug-likeness (QED) is 0.878. The smallest absolute Gasteiger partial charge is 0.259 e. The van der Waals surface area contributed by atoms with E-state index in [1.807, 2.05) is 18.7 Å². The highest BCUT2D eigenvalue weighted by Crippen LogP contribution is 2.23. The van der Waals surface area contributed by atoms with Crippen LogP contribution in [0.15, 0.2) is 4.52 Å². The van der Waals surface area contributed by atoms with Crippen molar-refractivity contribution in [1.29, 1.82) is 0 Å². The Bertz CT molecular complexity index is 483. The van der Waals surface area contributed by atoms with Gasteiger partial charge >= 0.3 is 0 Å². The molecule has 0 radical (unpaired) electrons. The zero-order valence-corrected chi connectivity index (χ0v) is 11.6. The molecular weight excluding hydrogens is 242 g/mol. The number of nitrogens with one attached hydrogen (secondary N) is 1. The molecule has 0 aromatic carbocycles. The van der Waals surface area contributed by atoms with Crippen molar-refractivity contribution >= 4 is 5.91 Å². The first-order chi connectivity index (χ1) is 9.19. The highest BCUT2D eigenvalue weighted by Gasteiger charge is 2.33. The van der Waals surface area contributed by atoms with Crippen molar-refractivity contribution in [3.05, 3.63) is 17.0 Å². The Labute approximate surface area is 113 Å². The van der Waals surface area contributed by atoms with Crippen LogP contribution in [0.1, 0.15) is 48.0 Å². The maximum absolute atomic E-state index is 12.7. The topological polar surface area (TPSA) is 58.4 Å². The van der Waals surface area contributed by atoms with Crippen molar-refractivity contribution in [3.8, 4) is 0 Å². The van der Waals surface area contributed by atoms with E-state index in [0.29, 0.717) is 35.5 Å². The number of likely N-dealkylation sites (tertiary alicyclic amines) is 1. The van der Waals surface area contributed by atoms with Crippen LogP contribution in [0.5, 0.6) is 0 Å². The van der Waals surface area contributed by atoms with Crippen LogP contribution >= 0.6 is 0 Å². The number of hydrogen-bond donors (Lipinski definition) is 1. The zero-order chi connectivity index (χ0) is 13.4. The minimum absolute atomic E-state index is 0.0879. The Morgan fingerprint density at radius 2 is 2.21 bits per heavy atom. The molecule has 2 unspecified atom stereocenters. The maximum atomic E-state index is 12.7. The molecule has 0 saturated carbocycles. The molecule has 3 rings (SSSR count). The minimum Gasteiger partial charge on any atom is -0.360 e. The average Bonchev–Trinajstić information content (AvgIpc) is 2.91. The molecule has 1 amide bonds. The number of rotatable bonds is 2. The molecule has 19 heavy (non-hydrogen) atoms. The first-order valence-electron chi connectivity index (χ1n) is 7.19. The zero-order valence-electron chi connectivity index (χ0n) is 11.6. The highest BCUT2D eigenvalue weighted by atomic mass is 16.5. The lowest BCUT2D eigenvalue weighted by Gasteiger charge is -2.24. The molecule has 2 atom stereocenters. The number of hydrogen-bond acceptors (Lipinski definition) is 4. The summed E-state index contributed by atoms with van der Waals surface area (Å²) in [4.78, 5) is 14.7. The molecule has 2 bridgehead atoms. The summed E-state index contributed by atoms with van der Waals surface area (Å²) in [5, 5.41) is 7.53. The first-order valence-corrected chi connectivity index (χ1v) is 7.19. The predicted molar refractivity (Wildman–Crippen MR) is 71.1 cm³/mol. The third kappa shape index (κ3) is 2.27. The molecular formula is C14H21N3O2. The number of carbonyl (C=O) groups excluding carboxylic acids is 1. The summed E-state index contributed by atoms with van der Waals surface area (Å²) in [6.45, 7) is 5.48. The first kappa shape index (κ1) is 12.7. The normalized spacial score (nSPS) is 26.5. The molecule has 2 fully saturated rings. The Balaban J connectivity index is 1.81. The van der Waals surface area contributed by atoms with Gasteiger partial charge in [-0.15, -0.1) is 0 Å². The second kappa shape index (κ2) is 4.96. The van der Waals surface area contributed by atoms with Gasteiger partial charge in [0.1, 0.15) is 11.3 Å². The van der Waals surface area contributed by atoms with Gasteiger partial charge in [0.15, 0.2) is 0 Å². The Morgan fingerprint density at radius 3 is 3.00 bits per heavy atom. The number of nitrogens with zero attached hydrogens (tertiary/aromatic N) is 2. The van der Waals surface area contributed by atoms with Gasteiger partial charge in [0.05, 0.1) is 5.69 Å². The molecule has 2 aliphatic rings. The lowest BCUT2D eigenvalue weighted by Crippen LogP contribution is -2.39. The summed E-state index contributed by atoms with van der Waals surface area (Å²) in [5.41, 5.74) is 1.39. The number of carbonyl (C=O) groups is 1. The monoisotopic (exact) mass is 263 g/mol. The molecule has 1 N–H and O–H groups in total. The minimum atomic E-state index is 0.0879. The van der Waals surface area contributed by atoms with Gasteiger partial charge in [-0.2, -0.15) is 0 Å². The van der Waals surface area contributed by atoms with E-state index in [0.717, 1.165) is 19.5 Å². The van der Waals surface area contributed by atoms with E-state index in [1.54, 1.807) is 0 Å². The summed E-state index contributed by atoms with van der Waals surface area (Å²) in [6, 6.07) is 1.05. The fourth-order valence-corrected chi connectivity index (χ4v) is 3.22. The van der Waals surface area contributed by atoms with Crippen LogP contribution in [-0.4, -0.2) is 41.1 Å². The van der Waals surface area contributed by atoms with Crippen LogP contribution < -0.4 is 5.32 Å². The standard InChI is InChI=1S/C14H21N3O2/c1-3-12-13(9(2)16-19-12)14(18)17-7-6-10-4-5-11(8-17)15-10/h10-11,15H,3-8H2,1-2H3. The van der Waals surface area contributed by atoms with Crippen molar-refractivity contribution in [1.82, 2.24) is 15.4 Å². The van der Waals surface area contributed by atoms with Crippen molar-refractivity contribution < 1.29 is 9.32 Å². The summed E-state index contributed by atoms with van der Waals surface area (Å²) in [7, 11) is 0. The molecule has 5 nitrogen and oxygen atoms in total. The van der Waals surface area contributed by atoms with E-state index < -0.39 is 0 Å². The van der Waals surface area contributed by atoms with Gasteiger partial charge in [-0.3, -0.25) is 4.79 Å². The second-order valence-corrected chi connectivity index (χ2v) is 5.60. The van der Waals surface area contributed by atoms with Crippen molar-refractivity contribution in [2.45, 2.75) is 51.6 Å². The molecule has 0 spiro atoms. The van der Waals surface area contributed by atoms with Gasteiger partial charge in [0.2, 0.25) is 0 Å². The fourth-order valence-electron chi connectivity index (χ4n) is 3.22. The van der Waals surface area contributed by atoms with E-state index in [-0.39, 0.29) is 5.91 Å². The lowest BCUT2D eigenvalue weighted by atomic mass is 10.1. The van der Waals surface area contributed by atoms with Crippen molar-refractivity contribution in [2.75, 3.05) is 13.1 Å². The summed E-state index contributed by atoms with van der Waals surface area (Å²) in [5.74, 6) is 0.801. The summed E-state index contributed by atoms with van der Waals surface area (Å²) >= 11 is 0. The SMILES string of the molecule is CCc1onc(C)c1C(=O)N1CCC2CCC(C1)N2. The summed E-state index contributed by atoms with van der Waals surface area (Å²) in [6.07, 6.45) is 4.19. The van der Waals surface area contributed by atoms with Gasteiger partial charge < -0.3 is 14.7 Å². The predicted octanol–water partition coefficient (Wildman–Crippen LogP) is 1.51. The molecule has 5 heteroatoms. The molecule has 1 aromatic heterocycles. The molecule has 2 saturated heterocycles. The van der Waals surface area contributed by atoms with Crippen molar-refractivity contribution in [3.63, 3.8) is 0 Å². The fraction of sp³-hybridized carbons (Fsp3) is 0.714. The van der Waals surface area contributed by atoms with Gasteiger partial charge in [0.25, 0.3) is 5.91 Å². The number of aromatic nitrogens is 1.